The molecule has 5 nitrogen and oxygen atoms in total. The van der Waals surface area contributed by atoms with Crippen LogP contribution in [0, 0.1) is 0 Å². The molecule has 2 N–H and O–H groups in total. The van der Waals surface area contributed by atoms with Crippen molar-refractivity contribution in [1.29, 1.82) is 0 Å². The summed E-state index contributed by atoms with van der Waals surface area (Å²) in [7, 11) is 0. The van der Waals surface area contributed by atoms with E-state index in [1.165, 1.54) is 0 Å². The highest BCUT2D eigenvalue weighted by Gasteiger charge is 2.26. The van der Waals surface area contributed by atoms with Gasteiger partial charge in [0.05, 0.1) is 24.3 Å². The summed E-state index contributed by atoms with van der Waals surface area (Å²) >= 11 is 5.99. The maximum atomic E-state index is 12.8. The number of aliphatic hydroxyl groups excluding tert-OH is 1. The van der Waals surface area contributed by atoms with Gasteiger partial charge in [0, 0.05) is 17.0 Å². The number of hydrogen-bond acceptors (Lipinski definition) is 4. The fourth-order valence-electron chi connectivity index (χ4n) is 3.47. The normalized spacial score (nSPS) is 19.5. The minimum atomic E-state index is -0.702. The Bertz CT molecular complexity index is 991. The Labute approximate surface area is 168 Å². The molecule has 0 radical (unpaired) electrons. The van der Waals surface area contributed by atoms with Crippen LogP contribution in [-0.4, -0.2) is 41.4 Å². The van der Waals surface area contributed by atoms with Gasteiger partial charge in [0.25, 0.3) is 5.91 Å². The number of aromatic nitrogens is 1. The Balaban J connectivity index is 1.65. The monoisotopic (exact) mass is 396 g/mol. The number of nitrogens with zero attached hydrogens (tertiary/aromatic N) is 1. The molecule has 6 heteroatoms. The first-order chi connectivity index (χ1) is 13.6. The number of benzene rings is 2. The van der Waals surface area contributed by atoms with Gasteiger partial charge in [-0.1, -0.05) is 41.9 Å². The van der Waals surface area contributed by atoms with Crippen molar-refractivity contribution >= 4 is 28.4 Å². The molecule has 0 saturated carbocycles. The first-order valence-corrected chi connectivity index (χ1v) is 9.68. The number of para-hydroxylation sites is 1. The molecule has 2 aromatic carbocycles. The van der Waals surface area contributed by atoms with Gasteiger partial charge in [0.2, 0.25) is 0 Å². The zero-order valence-corrected chi connectivity index (χ0v) is 16.0. The summed E-state index contributed by atoms with van der Waals surface area (Å²) in [4.78, 5) is 17.3. The first kappa shape index (κ1) is 18.9. The maximum absolute atomic E-state index is 12.8. The highest BCUT2D eigenvalue weighted by atomic mass is 35.5. The molecule has 1 aromatic heterocycles. The minimum Gasteiger partial charge on any atom is -0.389 e. The molecular formula is C22H21ClN2O3. The smallest absolute Gasteiger partial charge is 0.270 e. The molecule has 28 heavy (non-hydrogen) atoms. The van der Waals surface area contributed by atoms with Crippen LogP contribution in [0.1, 0.15) is 28.0 Å². The number of aliphatic hydroxyl groups is 1. The third-order valence-corrected chi connectivity index (χ3v) is 5.24. The fraction of sp³-hybridized carbons (Fsp3) is 0.273. The van der Waals surface area contributed by atoms with E-state index in [0.717, 1.165) is 22.0 Å². The molecule has 0 aliphatic carbocycles. The molecule has 1 aliphatic rings. The largest absolute Gasteiger partial charge is 0.389 e. The van der Waals surface area contributed by atoms with Crippen LogP contribution < -0.4 is 5.32 Å². The van der Waals surface area contributed by atoms with Gasteiger partial charge in [0.15, 0.2) is 0 Å². The average Bonchev–Trinajstić information content (AvgIpc) is 2.71. The van der Waals surface area contributed by atoms with Crippen molar-refractivity contribution in [3.8, 4) is 0 Å². The van der Waals surface area contributed by atoms with E-state index in [0.29, 0.717) is 30.2 Å². The van der Waals surface area contributed by atoms with Gasteiger partial charge in [-0.15, -0.1) is 0 Å². The molecule has 0 bridgehead atoms. The third-order valence-electron chi connectivity index (χ3n) is 4.99. The van der Waals surface area contributed by atoms with Crippen molar-refractivity contribution in [2.45, 2.75) is 25.0 Å². The Kier molecular flexibility index (Phi) is 5.57. The summed E-state index contributed by atoms with van der Waals surface area (Å²) in [5, 5.41) is 14.6. The second-order valence-corrected chi connectivity index (χ2v) is 7.43. The van der Waals surface area contributed by atoms with Gasteiger partial charge in [-0.2, -0.15) is 0 Å². The number of ether oxygens (including phenoxy) is 1. The van der Waals surface area contributed by atoms with E-state index in [-0.39, 0.29) is 18.6 Å². The van der Waals surface area contributed by atoms with Gasteiger partial charge < -0.3 is 15.2 Å². The van der Waals surface area contributed by atoms with Crippen LogP contribution in [0.15, 0.2) is 54.6 Å². The number of nitrogens with one attached hydrogen (secondary N) is 1. The molecule has 3 aromatic rings. The Morgan fingerprint density at radius 3 is 2.79 bits per heavy atom. The second kappa shape index (κ2) is 8.27. The summed E-state index contributed by atoms with van der Waals surface area (Å²) < 4.78 is 5.22. The molecule has 0 unspecified atom stereocenters. The fourth-order valence-corrected chi connectivity index (χ4v) is 3.59. The van der Waals surface area contributed by atoms with Gasteiger partial charge in [0.1, 0.15) is 5.69 Å². The maximum Gasteiger partial charge on any atom is 0.270 e. The standard InChI is InChI=1S/C22H21ClN2O3/c23-16-7-5-14(6-8-16)11-15-12-20(24-18-4-2-1-3-17(15)18)22(27)25-19-9-10-28-13-21(19)26/h1-8,12,19,21,26H,9-11,13H2,(H,25,27)/t19-,21-/m0/s1. The molecule has 2 heterocycles. The van der Waals surface area contributed by atoms with Crippen LogP contribution in [0.4, 0.5) is 0 Å². The van der Waals surface area contributed by atoms with Gasteiger partial charge in [-0.25, -0.2) is 4.98 Å². The molecule has 2 atom stereocenters. The van der Waals surface area contributed by atoms with Crippen molar-refractivity contribution in [2.75, 3.05) is 13.2 Å². The highest BCUT2D eigenvalue weighted by Crippen LogP contribution is 2.22. The highest BCUT2D eigenvalue weighted by molar-refractivity contribution is 6.30. The van der Waals surface area contributed by atoms with Crippen LogP contribution in [0.5, 0.6) is 0 Å². The number of amides is 1. The van der Waals surface area contributed by atoms with Crippen LogP contribution in [0.25, 0.3) is 10.9 Å². The number of carbonyl (C=O) groups excluding carboxylic acids is 1. The molecule has 1 aliphatic heterocycles. The van der Waals surface area contributed by atoms with E-state index in [4.69, 9.17) is 16.3 Å². The molecule has 1 amide bonds. The lowest BCUT2D eigenvalue weighted by Crippen LogP contribution is -2.48. The van der Waals surface area contributed by atoms with Crippen molar-refractivity contribution in [1.82, 2.24) is 10.3 Å². The van der Waals surface area contributed by atoms with Gasteiger partial charge >= 0.3 is 0 Å². The third kappa shape index (κ3) is 4.17. The lowest BCUT2D eigenvalue weighted by atomic mass is 9.99. The van der Waals surface area contributed by atoms with Crippen molar-refractivity contribution in [3.63, 3.8) is 0 Å². The Morgan fingerprint density at radius 2 is 2.00 bits per heavy atom. The van der Waals surface area contributed by atoms with E-state index in [1.54, 1.807) is 0 Å². The Hall–Kier alpha value is -2.47. The van der Waals surface area contributed by atoms with E-state index in [9.17, 15) is 9.90 Å². The summed E-state index contributed by atoms with van der Waals surface area (Å²) in [6.45, 7) is 0.757. The van der Waals surface area contributed by atoms with E-state index >= 15 is 0 Å². The van der Waals surface area contributed by atoms with Gasteiger partial charge in [-0.3, -0.25) is 4.79 Å². The van der Waals surface area contributed by atoms with E-state index in [2.05, 4.69) is 10.3 Å². The lowest BCUT2D eigenvalue weighted by molar-refractivity contribution is -0.0261. The van der Waals surface area contributed by atoms with Crippen LogP contribution in [-0.2, 0) is 11.2 Å². The Morgan fingerprint density at radius 1 is 1.21 bits per heavy atom. The van der Waals surface area contributed by atoms with Crippen molar-refractivity contribution in [3.05, 3.63) is 76.4 Å². The zero-order chi connectivity index (χ0) is 19.5. The number of halogens is 1. The average molecular weight is 397 g/mol. The topological polar surface area (TPSA) is 71.5 Å². The summed E-state index contributed by atoms with van der Waals surface area (Å²) in [6, 6.07) is 17.0. The predicted octanol–water partition coefficient (Wildman–Crippen LogP) is 3.36. The number of rotatable bonds is 4. The minimum absolute atomic E-state index is 0.234. The molecule has 4 rings (SSSR count). The van der Waals surface area contributed by atoms with Crippen molar-refractivity contribution in [2.24, 2.45) is 0 Å². The second-order valence-electron chi connectivity index (χ2n) is 7.00. The van der Waals surface area contributed by atoms with Crippen LogP contribution in [0.2, 0.25) is 5.02 Å². The molecule has 1 fully saturated rings. The molecular weight excluding hydrogens is 376 g/mol. The lowest BCUT2D eigenvalue weighted by Gasteiger charge is -2.28. The molecule has 144 valence electrons. The first-order valence-electron chi connectivity index (χ1n) is 9.30. The summed E-state index contributed by atoms with van der Waals surface area (Å²) in [5.41, 5.74) is 3.24. The van der Waals surface area contributed by atoms with Gasteiger partial charge in [-0.05, 0) is 48.2 Å². The SMILES string of the molecule is O=C(N[C@H]1CCOC[C@@H]1O)c1cc(Cc2ccc(Cl)cc2)c2ccccc2n1. The van der Waals surface area contributed by atoms with Crippen LogP contribution in [0.3, 0.4) is 0 Å². The number of pyridine rings is 1. The summed E-state index contributed by atoms with van der Waals surface area (Å²) in [6.07, 6.45) is 0.546. The number of carbonyl (C=O) groups is 1. The molecule has 0 spiro atoms. The number of fused-ring (bicyclic) bond motifs is 1. The molecule has 1 saturated heterocycles. The van der Waals surface area contributed by atoms with Crippen LogP contribution >= 0.6 is 11.6 Å². The van der Waals surface area contributed by atoms with E-state index in [1.807, 2.05) is 54.6 Å². The zero-order valence-electron chi connectivity index (χ0n) is 15.3. The summed E-state index contributed by atoms with van der Waals surface area (Å²) in [5.74, 6) is -0.283. The van der Waals surface area contributed by atoms with E-state index < -0.39 is 6.10 Å². The predicted molar refractivity (Wildman–Crippen MR) is 109 cm³/mol. The number of hydrogen-bond donors (Lipinski definition) is 2. The quantitative estimate of drug-likeness (QED) is 0.709. The van der Waals surface area contributed by atoms with Crippen molar-refractivity contribution < 1.29 is 14.6 Å².